The quantitative estimate of drug-likeness (QED) is 0.753. The van der Waals surface area contributed by atoms with Crippen LogP contribution in [0, 0.1) is 5.82 Å². The maximum Gasteiger partial charge on any atom is 0.215 e. The number of halogens is 1. The molecule has 0 saturated carbocycles. The van der Waals surface area contributed by atoms with Gasteiger partial charge in [-0.2, -0.15) is 4.98 Å². The number of pyridine rings is 1. The molecule has 2 heterocycles. The molecule has 5 heteroatoms. The Morgan fingerprint density at radius 3 is 2.83 bits per heavy atom. The molecule has 2 aromatic heterocycles. The molecule has 3 aromatic rings. The molecule has 0 unspecified atom stereocenters. The SMILES string of the molecule is COc1ccc2[nH]c(-c3cccc(F)c3)nc2n1. The van der Waals surface area contributed by atoms with Gasteiger partial charge in [-0.3, -0.25) is 0 Å². The van der Waals surface area contributed by atoms with Crippen molar-refractivity contribution in [3.63, 3.8) is 0 Å². The van der Waals surface area contributed by atoms with Gasteiger partial charge in [0, 0.05) is 11.6 Å². The van der Waals surface area contributed by atoms with E-state index >= 15 is 0 Å². The normalized spacial score (nSPS) is 10.8. The van der Waals surface area contributed by atoms with Crippen molar-refractivity contribution >= 4 is 11.2 Å². The lowest BCUT2D eigenvalue weighted by Crippen LogP contribution is -1.86. The highest BCUT2D eigenvalue weighted by Crippen LogP contribution is 2.21. The molecule has 0 amide bonds. The fraction of sp³-hybridized carbons (Fsp3) is 0.0769. The summed E-state index contributed by atoms with van der Waals surface area (Å²) in [4.78, 5) is 11.6. The number of H-pyrrole nitrogens is 1. The lowest BCUT2D eigenvalue weighted by Gasteiger charge is -1.95. The molecule has 0 aliphatic rings. The number of nitrogens with zero attached hydrogens (tertiary/aromatic N) is 2. The van der Waals surface area contributed by atoms with Crippen LogP contribution in [0.15, 0.2) is 36.4 Å². The van der Waals surface area contributed by atoms with E-state index in [0.717, 1.165) is 5.52 Å². The monoisotopic (exact) mass is 243 g/mol. The Balaban J connectivity index is 2.13. The van der Waals surface area contributed by atoms with Crippen molar-refractivity contribution < 1.29 is 9.13 Å². The molecule has 0 fully saturated rings. The van der Waals surface area contributed by atoms with E-state index in [2.05, 4.69) is 15.0 Å². The Kier molecular flexibility index (Phi) is 2.44. The van der Waals surface area contributed by atoms with Crippen LogP contribution in [-0.4, -0.2) is 22.1 Å². The van der Waals surface area contributed by atoms with Gasteiger partial charge in [0.1, 0.15) is 11.6 Å². The van der Waals surface area contributed by atoms with Crippen LogP contribution in [-0.2, 0) is 0 Å². The molecule has 4 nitrogen and oxygen atoms in total. The van der Waals surface area contributed by atoms with Gasteiger partial charge in [-0.15, -0.1) is 0 Å². The summed E-state index contributed by atoms with van der Waals surface area (Å²) in [7, 11) is 1.55. The third-order valence-corrected chi connectivity index (χ3v) is 2.63. The van der Waals surface area contributed by atoms with Gasteiger partial charge in [0.15, 0.2) is 5.65 Å². The van der Waals surface area contributed by atoms with Crippen molar-refractivity contribution in [2.45, 2.75) is 0 Å². The maximum absolute atomic E-state index is 13.1. The second-order valence-corrected chi connectivity index (χ2v) is 3.82. The van der Waals surface area contributed by atoms with Crippen molar-refractivity contribution in [3.8, 4) is 17.3 Å². The first-order chi connectivity index (χ1) is 8.76. The van der Waals surface area contributed by atoms with Crippen molar-refractivity contribution in [3.05, 3.63) is 42.2 Å². The first kappa shape index (κ1) is 10.7. The molecule has 1 aromatic carbocycles. The Morgan fingerprint density at radius 1 is 1.17 bits per heavy atom. The zero-order valence-electron chi connectivity index (χ0n) is 9.64. The van der Waals surface area contributed by atoms with Crippen LogP contribution in [0.4, 0.5) is 4.39 Å². The van der Waals surface area contributed by atoms with Crippen molar-refractivity contribution in [1.82, 2.24) is 15.0 Å². The Bertz CT molecular complexity index is 708. The number of hydrogen-bond donors (Lipinski definition) is 1. The number of hydrogen-bond acceptors (Lipinski definition) is 3. The van der Waals surface area contributed by atoms with E-state index in [-0.39, 0.29) is 5.82 Å². The van der Waals surface area contributed by atoms with Crippen LogP contribution in [0.3, 0.4) is 0 Å². The van der Waals surface area contributed by atoms with E-state index in [1.165, 1.54) is 12.1 Å². The van der Waals surface area contributed by atoms with Gasteiger partial charge in [0.2, 0.25) is 5.88 Å². The molecular formula is C13H10FN3O. The second kappa shape index (κ2) is 4.10. The van der Waals surface area contributed by atoms with Gasteiger partial charge >= 0.3 is 0 Å². The zero-order chi connectivity index (χ0) is 12.5. The highest BCUT2D eigenvalue weighted by Gasteiger charge is 2.07. The minimum absolute atomic E-state index is 0.293. The fourth-order valence-electron chi connectivity index (χ4n) is 1.76. The predicted octanol–water partition coefficient (Wildman–Crippen LogP) is 2.77. The van der Waals surface area contributed by atoms with E-state index in [1.807, 2.05) is 6.07 Å². The lowest BCUT2D eigenvalue weighted by atomic mass is 10.2. The Morgan fingerprint density at radius 2 is 2.06 bits per heavy atom. The highest BCUT2D eigenvalue weighted by molar-refractivity contribution is 5.76. The summed E-state index contributed by atoms with van der Waals surface area (Å²) in [5, 5.41) is 0. The molecule has 0 aliphatic heterocycles. The summed E-state index contributed by atoms with van der Waals surface area (Å²) in [6.07, 6.45) is 0. The number of benzene rings is 1. The molecule has 1 N–H and O–H groups in total. The van der Waals surface area contributed by atoms with Crippen molar-refractivity contribution in [2.75, 3.05) is 7.11 Å². The average Bonchev–Trinajstić information content (AvgIpc) is 2.81. The number of rotatable bonds is 2. The third-order valence-electron chi connectivity index (χ3n) is 2.63. The van der Waals surface area contributed by atoms with E-state index in [1.54, 1.807) is 25.3 Å². The molecule has 0 atom stereocenters. The molecule has 0 bridgehead atoms. The Hall–Kier alpha value is -2.43. The first-order valence-corrected chi connectivity index (χ1v) is 5.43. The zero-order valence-corrected chi connectivity index (χ0v) is 9.64. The summed E-state index contributed by atoms with van der Waals surface area (Å²) in [6, 6.07) is 9.83. The van der Waals surface area contributed by atoms with Crippen LogP contribution < -0.4 is 4.74 Å². The van der Waals surface area contributed by atoms with Crippen LogP contribution >= 0.6 is 0 Å². The first-order valence-electron chi connectivity index (χ1n) is 5.43. The number of imidazole rings is 1. The molecule has 3 rings (SSSR count). The van der Waals surface area contributed by atoms with Gasteiger partial charge in [0.25, 0.3) is 0 Å². The van der Waals surface area contributed by atoms with Crippen molar-refractivity contribution in [2.24, 2.45) is 0 Å². The van der Waals surface area contributed by atoms with Gasteiger partial charge in [-0.1, -0.05) is 12.1 Å². The maximum atomic E-state index is 13.1. The molecule has 0 radical (unpaired) electrons. The highest BCUT2D eigenvalue weighted by atomic mass is 19.1. The summed E-state index contributed by atoms with van der Waals surface area (Å²) in [6.45, 7) is 0. The summed E-state index contributed by atoms with van der Waals surface area (Å²) in [5.74, 6) is 0.795. The number of ether oxygens (including phenoxy) is 1. The largest absolute Gasteiger partial charge is 0.481 e. The number of methoxy groups -OCH3 is 1. The number of aromatic nitrogens is 3. The average molecular weight is 243 g/mol. The smallest absolute Gasteiger partial charge is 0.215 e. The number of fused-ring (bicyclic) bond motifs is 1. The van der Waals surface area contributed by atoms with Gasteiger partial charge in [0.05, 0.1) is 12.6 Å². The summed E-state index contributed by atoms with van der Waals surface area (Å²) in [5.41, 5.74) is 2.02. The van der Waals surface area contributed by atoms with Crippen LogP contribution in [0.25, 0.3) is 22.6 Å². The fourth-order valence-corrected chi connectivity index (χ4v) is 1.76. The summed E-state index contributed by atoms with van der Waals surface area (Å²) < 4.78 is 18.2. The topological polar surface area (TPSA) is 50.8 Å². The van der Waals surface area contributed by atoms with Gasteiger partial charge < -0.3 is 9.72 Å². The molecule has 0 saturated heterocycles. The van der Waals surface area contributed by atoms with E-state index in [9.17, 15) is 4.39 Å². The third kappa shape index (κ3) is 1.79. The van der Waals surface area contributed by atoms with E-state index in [4.69, 9.17) is 4.74 Å². The lowest BCUT2D eigenvalue weighted by molar-refractivity contribution is 0.399. The Labute approximate surface area is 102 Å². The van der Waals surface area contributed by atoms with E-state index in [0.29, 0.717) is 22.9 Å². The molecule has 0 spiro atoms. The van der Waals surface area contributed by atoms with Crippen LogP contribution in [0.5, 0.6) is 5.88 Å². The van der Waals surface area contributed by atoms with E-state index < -0.39 is 0 Å². The van der Waals surface area contributed by atoms with Gasteiger partial charge in [-0.05, 0) is 18.2 Å². The van der Waals surface area contributed by atoms with Crippen LogP contribution in [0.1, 0.15) is 0 Å². The number of nitrogens with one attached hydrogen (secondary N) is 1. The molecule has 0 aliphatic carbocycles. The predicted molar refractivity (Wildman–Crippen MR) is 65.8 cm³/mol. The second-order valence-electron chi connectivity index (χ2n) is 3.82. The molecular weight excluding hydrogens is 233 g/mol. The minimum atomic E-state index is -0.293. The molecule has 90 valence electrons. The van der Waals surface area contributed by atoms with Gasteiger partial charge in [-0.25, -0.2) is 9.37 Å². The summed E-state index contributed by atoms with van der Waals surface area (Å²) >= 11 is 0. The molecule has 18 heavy (non-hydrogen) atoms. The van der Waals surface area contributed by atoms with Crippen molar-refractivity contribution in [1.29, 1.82) is 0 Å². The minimum Gasteiger partial charge on any atom is -0.481 e. The van der Waals surface area contributed by atoms with Crippen LogP contribution in [0.2, 0.25) is 0 Å². The standard InChI is InChI=1S/C13H10FN3O/c1-18-11-6-5-10-13(16-11)17-12(15-10)8-3-2-4-9(14)7-8/h2-7H,1H3,(H,15,16,17). The number of aromatic amines is 1.